The van der Waals surface area contributed by atoms with Crippen molar-refractivity contribution < 1.29 is 4.73 Å². The summed E-state index contributed by atoms with van der Waals surface area (Å²) in [5, 5.41) is 20.7. The molecule has 15 heavy (non-hydrogen) atoms. The van der Waals surface area contributed by atoms with Gasteiger partial charge in [-0.3, -0.25) is 0 Å². The zero-order valence-electron chi connectivity index (χ0n) is 9.08. The van der Waals surface area contributed by atoms with Crippen LogP contribution in [0.25, 0.3) is 0 Å². The van der Waals surface area contributed by atoms with Crippen molar-refractivity contribution in [2.45, 2.75) is 39.0 Å². The van der Waals surface area contributed by atoms with E-state index < -0.39 is 0 Å². The van der Waals surface area contributed by atoms with E-state index in [4.69, 9.17) is 5.26 Å². The first-order valence-electron chi connectivity index (χ1n) is 5.30. The molecule has 0 aromatic carbocycles. The van der Waals surface area contributed by atoms with Crippen molar-refractivity contribution in [3.8, 4) is 6.07 Å². The van der Waals surface area contributed by atoms with Crippen LogP contribution < -0.4 is 4.73 Å². The number of aryl methyl sites for hydroxylation is 1. The molecule has 1 atom stereocenters. The molecule has 1 aromatic heterocycles. The van der Waals surface area contributed by atoms with E-state index in [-0.39, 0.29) is 0 Å². The highest BCUT2D eigenvalue weighted by molar-refractivity contribution is 5.45. The molecule has 0 saturated heterocycles. The van der Waals surface area contributed by atoms with Gasteiger partial charge in [-0.1, -0.05) is 6.92 Å². The van der Waals surface area contributed by atoms with E-state index in [0.717, 1.165) is 35.1 Å². The summed E-state index contributed by atoms with van der Waals surface area (Å²) in [6, 6.07) is 2.17. The number of hydrogen-bond donors (Lipinski definition) is 0. The van der Waals surface area contributed by atoms with Gasteiger partial charge in [0.25, 0.3) is 0 Å². The largest absolute Gasteiger partial charge is 0.618 e. The molecule has 0 N–H and O–H groups in total. The molecule has 2 rings (SSSR count). The summed E-state index contributed by atoms with van der Waals surface area (Å²) in [6.07, 6.45) is 4.80. The molecule has 0 saturated carbocycles. The number of nitrogens with zero attached hydrogens (tertiary/aromatic N) is 2. The summed E-state index contributed by atoms with van der Waals surface area (Å²) < 4.78 is 0.829. The Morgan fingerprint density at radius 1 is 1.60 bits per heavy atom. The summed E-state index contributed by atoms with van der Waals surface area (Å²) in [4.78, 5) is 0. The second kappa shape index (κ2) is 3.54. The van der Waals surface area contributed by atoms with Crippen LogP contribution in [0.15, 0.2) is 6.20 Å². The number of hydrogen-bond acceptors (Lipinski definition) is 2. The molecule has 0 radical (unpaired) electrons. The first kappa shape index (κ1) is 9.97. The van der Waals surface area contributed by atoms with Gasteiger partial charge in [-0.2, -0.15) is 9.99 Å². The van der Waals surface area contributed by atoms with Crippen LogP contribution in [0.4, 0.5) is 0 Å². The van der Waals surface area contributed by atoms with Crippen molar-refractivity contribution in [1.82, 2.24) is 0 Å². The number of aromatic nitrogens is 1. The van der Waals surface area contributed by atoms with Gasteiger partial charge in [0.1, 0.15) is 11.6 Å². The molecule has 1 heterocycles. The molecule has 0 bridgehead atoms. The Kier molecular flexibility index (Phi) is 2.36. The molecule has 0 fully saturated rings. The van der Waals surface area contributed by atoms with Crippen LogP contribution in [-0.4, -0.2) is 0 Å². The van der Waals surface area contributed by atoms with Crippen LogP contribution >= 0.6 is 0 Å². The Bertz CT molecular complexity index is 446. The lowest BCUT2D eigenvalue weighted by Gasteiger charge is -2.23. The second-order valence-corrected chi connectivity index (χ2v) is 4.26. The third kappa shape index (κ3) is 1.46. The van der Waals surface area contributed by atoms with E-state index in [1.165, 1.54) is 0 Å². The molecule has 3 heteroatoms. The average molecular weight is 202 g/mol. The van der Waals surface area contributed by atoms with E-state index in [2.05, 4.69) is 13.0 Å². The minimum atomic E-state index is 0.406. The fourth-order valence-electron chi connectivity index (χ4n) is 2.42. The Hall–Kier alpha value is -1.56. The predicted molar refractivity (Wildman–Crippen MR) is 56.2 cm³/mol. The molecule has 1 aromatic rings. The first-order valence-corrected chi connectivity index (χ1v) is 5.30. The number of nitriles is 1. The summed E-state index contributed by atoms with van der Waals surface area (Å²) in [6.45, 7) is 3.85. The standard InChI is InChI=1S/C12H14N2O/c1-8-4-3-5-10-7-14(15)9(2)11(6-13)12(8)10/h7-8H,3-5H2,1-2H3/t8-/m0/s1. The van der Waals surface area contributed by atoms with Gasteiger partial charge in [0.15, 0.2) is 6.20 Å². The lowest BCUT2D eigenvalue weighted by atomic mass is 9.82. The molecule has 78 valence electrons. The quantitative estimate of drug-likeness (QED) is 0.477. The van der Waals surface area contributed by atoms with Gasteiger partial charge in [-0.05, 0) is 30.7 Å². The van der Waals surface area contributed by atoms with E-state index in [9.17, 15) is 5.21 Å². The maximum absolute atomic E-state index is 11.5. The lowest BCUT2D eigenvalue weighted by molar-refractivity contribution is -0.613. The maximum atomic E-state index is 11.5. The second-order valence-electron chi connectivity index (χ2n) is 4.26. The van der Waals surface area contributed by atoms with Crippen molar-refractivity contribution in [2.24, 2.45) is 0 Å². The third-order valence-electron chi connectivity index (χ3n) is 3.27. The minimum Gasteiger partial charge on any atom is -0.618 e. The summed E-state index contributed by atoms with van der Waals surface area (Å²) in [5.74, 6) is 0.406. The van der Waals surface area contributed by atoms with Crippen molar-refractivity contribution in [1.29, 1.82) is 5.26 Å². The minimum absolute atomic E-state index is 0.406. The molecule has 0 unspecified atom stereocenters. The fourth-order valence-corrected chi connectivity index (χ4v) is 2.42. The first-order chi connectivity index (χ1) is 7.15. The molecule has 0 spiro atoms. The van der Waals surface area contributed by atoms with Gasteiger partial charge in [0, 0.05) is 12.5 Å². The Morgan fingerprint density at radius 2 is 2.33 bits per heavy atom. The normalized spacial score (nSPS) is 19.4. The van der Waals surface area contributed by atoms with Gasteiger partial charge in [-0.15, -0.1) is 0 Å². The summed E-state index contributed by atoms with van der Waals surface area (Å²) in [5.41, 5.74) is 3.29. The zero-order valence-corrected chi connectivity index (χ0v) is 9.08. The number of fused-ring (bicyclic) bond motifs is 1. The van der Waals surface area contributed by atoms with Crippen LogP contribution in [0.2, 0.25) is 0 Å². The van der Waals surface area contributed by atoms with Crippen molar-refractivity contribution in [3.63, 3.8) is 0 Å². The van der Waals surface area contributed by atoms with Crippen molar-refractivity contribution in [3.05, 3.63) is 33.8 Å². The smallest absolute Gasteiger partial charge is 0.207 e. The highest BCUT2D eigenvalue weighted by atomic mass is 16.5. The fraction of sp³-hybridized carbons (Fsp3) is 0.500. The Labute approximate surface area is 89.6 Å². The Balaban J connectivity index is 2.72. The predicted octanol–water partition coefficient (Wildman–Crippen LogP) is 1.94. The van der Waals surface area contributed by atoms with Crippen LogP contribution in [0.3, 0.4) is 0 Å². The van der Waals surface area contributed by atoms with Gasteiger partial charge < -0.3 is 5.21 Å². The molecule has 3 nitrogen and oxygen atoms in total. The van der Waals surface area contributed by atoms with Crippen LogP contribution in [0, 0.1) is 23.5 Å². The van der Waals surface area contributed by atoms with Crippen molar-refractivity contribution in [2.75, 3.05) is 0 Å². The highest BCUT2D eigenvalue weighted by Gasteiger charge is 2.25. The van der Waals surface area contributed by atoms with E-state index >= 15 is 0 Å². The van der Waals surface area contributed by atoms with Crippen LogP contribution in [-0.2, 0) is 6.42 Å². The monoisotopic (exact) mass is 202 g/mol. The van der Waals surface area contributed by atoms with E-state index in [1.807, 2.05) is 0 Å². The SMILES string of the molecule is Cc1c(C#N)c2c(c[n+]1[O-])CCC[C@@H]2C. The topological polar surface area (TPSA) is 50.7 Å². The van der Waals surface area contributed by atoms with Crippen molar-refractivity contribution >= 4 is 0 Å². The van der Waals surface area contributed by atoms with E-state index in [0.29, 0.717) is 17.2 Å². The maximum Gasteiger partial charge on any atom is 0.207 e. The van der Waals surface area contributed by atoms with Gasteiger partial charge in [0.05, 0.1) is 0 Å². The molecular weight excluding hydrogens is 188 g/mol. The van der Waals surface area contributed by atoms with Gasteiger partial charge in [-0.25, -0.2) is 0 Å². The molecular formula is C12H14N2O. The van der Waals surface area contributed by atoms with Crippen LogP contribution in [0.5, 0.6) is 0 Å². The Morgan fingerprint density at radius 3 is 3.00 bits per heavy atom. The lowest BCUT2D eigenvalue weighted by Crippen LogP contribution is -2.33. The summed E-state index contributed by atoms with van der Waals surface area (Å²) >= 11 is 0. The molecule has 1 aliphatic carbocycles. The number of rotatable bonds is 0. The van der Waals surface area contributed by atoms with Crippen LogP contribution in [0.1, 0.15) is 48.1 Å². The summed E-state index contributed by atoms with van der Waals surface area (Å²) in [7, 11) is 0. The van der Waals surface area contributed by atoms with Gasteiger partial charge >= 0.3 is 0 Å². The molecule has 0 amide bonds. The van der Waals surface area contributed by atoms with E-state index in [1.54, 1.807) is 13.1 Å². The molecule has 1 aliphatic rings. The third-order valence-corrected chi connectivity index (χ3v) is 3.27. The van der Waals surface area contributed by atoms with Gasteiger partial charge in [0.2, 0.25) is 5.69 Å². The highest BCUT2D eigenvalue weighted by Crippen LogP contribution is 2.33. The zero-order chi connectivity index (χ0) is 11.0. The number of pyridine rings is 1. The average Bonchev–Trinajstić information content (AvgIpc) is 2.21. The molecule has 0 aliphatic heterocycles.